The number of nitrogens with zero attached hydrogens (tertiary/aromatic N) is 3. The van der Waals surface area contributed by atoms with Crippen LogP contribution in [0.2, 0.25) is 4.47 Å². The Morgan fingerprint density at radius 2 is 1.62 bits per heavy atom. The van der Waals surface area contributed by atoms with Crippen LogP contribution in [0.1, 0.15) is 35.8 Å². The minimum Gasteiger partial charge on any atom is -0.457 e. The standard InChI is InChI=1S/C26H22ClN3O3S/c1-18(19-10-4-2-5-11-19)33-25(32)23(20-12-6-3-7-13-20)24(31)30(22-14-8-9-15-28-22)16-21-17-34-26(27)29-21/h2-15,17-18,23H,16H2,1H3. The molecule has 172 valence electrons. The third kappa shape index (κ3) is 5.68. The van der Waals surface area contributed by atoms with Crippen LogP contribution >= 0.6 is 22.9 Å². The highest BCUT2D eigenvalue weighted by Crippen LogP contribution is 2.28. The number of rotatable bonds is 8. The smallest absolute Gasteiger partial charge is 0.323 e. The molecule has 0 aliphatic carbocycles. The Hall–Kier alpha value is -3.55. The molecule has 4 rings (SSSR count). The van der Waals surface area contributed by atoms with Gasteiger partial charge < -0.3 is 4.74 Å². The van der Waals surface area contributed by atoms with Gasteiger partial charge in [-0.15, -0.1) is 11.3 Å². The molecule has 0 aliphatic rings. The lowest BCUT2D eigenvalue weighted by Gasteiger charge is -2.26. The van der Waals surface area contributed by atoms with Crippen LogP contribution in [0.15, 0.2) is 90.4 Å². The molecule has 4 aromatic rings. The summed E-state index contributed by atoms with van der Waals surface area (Å²) in [5.41, 5.74) is 1.98. The lowest BCUT2D eigenvalue weighted by Crippen LogP contribution is -2.39. The quantitative estimate of drug-likeness (QED) is 0.229. The number of carbonyl (C=O) groups excluding carboxylic acids is 2. The predicted molar refractivity (Wildman–Crippen MR) is 133 cm³/mol. The Morgan fingerprint density at radius 1 is 0.971 bits per heavy atom. The van der Waals surface area contributed by atoms with E-state index in [1.807, 2.05) is 36.4 Å². The molecule has 2 aromatic heterocycles. The highest BCUT2D eigenvalue weighted by molar-refractivity contribution is 7.13. The van der Waals surface area contributed by atoms with Crippen molar-refractivity contribution >= 4 is 40.6 Å². The van der Waals surface area contributed by atoms with Gasteiger partial charge in [0.1, 0.15) is 11.9 Å². The number of ether oxygens (including phenoxy) is 1. The van der Waals surface area contributed by atoms with E-state index in [0.29, 0.717) is 21.5 Å². The molecule has 2 aromatic carbocycles. The van der Waals surface area contributed by atoms with Crippen molar-refractivity contribution < 1.29 is 14.3 Å². The molecule has 0 N–H and O–H groups in total. The van der Waals surface area contributed by atoms with Gasteiger partial charge >= 0.3 is 5.97 Å². The van der Waals surface area contributed by atoms with Crippen molar-refractivity contribution in [2.45, 2.75) is 25.5 Å². The van der Waals surface area contributed by atoms with Crippen LogP contribution in [0, 0.1) is 0 Å². The summed E-state index contributed by atoms with van der Waals surface area (Å²) in [7, 11) is 0. The van der Waals surface area contributed by atoms with Crippen LogP contribution in [-0.4, -0.2) is 21.8 Å². The maximum atomic E-state index is 13.9. The summed E-state index contributed by atoms with van der Waals surface area (Å²) in [4.78, 5) is 37.4. The zero-order valence-corrected chi connectivity index (χ0v) is 19.9. The number of halogens is 1. The van der Waals surface area contributed by atoms with Crippen LogP contribution in [-0.2, 0) is 20.9 Å². The Morgan fingerprint density at radius 3 is 2.21 bits per heavy atom. The van der Waals surface area contributed by atoms with Crippen molar-refractivity contribution in [3.05, 3.63) is 112 Å². The van der Waals surface area contributed by atoms with Gasteiger partial charge in [0.15, 0.2) is 10.4 Å². The molecule has 0 bridgehead atoms. The summed E-state index contributed by atoms with van der Waals surface area (Å²) in [6.07, 6.45) is 1.07. The van der Waals surface area contributed by atoms with Gasteiger partial charge in [-0.1, -0.05) is 78.3 Å². The van der Waals surface area contributed by atoms with Crippen LogP contribution in [0.4, 0.5) is 5.82 Å². The van der Waals surface area contributed by atoms with E-state index < -0.39 is 23.9 Å². The molecule has 34 heavy (non-hydrogen) atoms. The summed E-state index contributed by atoms with van der Waals surface area (Å²) in [6, 6.07) is 23.5. The number of anilines is 1. The molecule has 6 nitrogen and oxygen atoms in total. The molecule has 2 atom stereocenters. The fourth-order valence-corrected chi connectivity index (χ4v) is 4.29. The fourth-order valence-electron chi connectivity index (χ4n) is 3.52. The molecule has 0 spiro atoms. The van der Waals surface area contributed by atoms with E-state index in [9.17, 15) is 9.59 Å². The predicted octanol–water partition coefficient (Wildman–Crippen LogP) is 5.81. The Kier molecular flexibility index (Phi) is 7.67. The van der Waals surface area contributed by atoms with E-state index in [1.54, 1.807) is 61.0 Å². The monoisotopic (exact) mass is 491 g/mol. The Labute approximate surface area is 206 Å². The Bertz CT molecular complexity index is 1240. The second-order valence-electron chi connectivity index (χ2n) is 7.54. The van der Waals surface area contributed by atoms with Crippen molar-refractivity contribution in [1.82, 2.24) is 9.97 Å². The number of carbonyl (C=O) groups is 2. The minimum absolute atomic E-state index is 0.115. The van der Waals surface area contributed by atoms with Crippen LogP contribution in [0.25, 0.3) is 0 Å². The second-order valence-corrected chi connectivity index (χ2v) is 8.98. The van der Waals surface area contributed by atoms with Gasteiger partial charge in [-0.3, -0.25) is 14.5 Å². The van der Waals surface area contributed by atoms with Gasteiger partial charge in [-0.2, -0.15) is 0 Å². The first-order valence-electron chi connectivity index (χ1n) is 10.7. The average molecular weight is 492 g/mol. The van der Waals surface area contributed by atoms with E-state index in [0.717, 1.165) is 5.56 Å². The van der Waals surface area contributed by atoms with E-state index >= 15 is 0 Å². The van der Waals surface area contributed by atoms with E-state index in [4.69, 9.17) is 16.3 Å². The highest BCUT2D eigenvalue weighted by atomic mass is 35.5. The fraction of sp³-hybridized carbons (Fsp3) is 0.154. The number of hydrogen-bond acceptors (Lipinski definition) is 6. The highest BCUT2D eigenvalue weighted by Gasteiger charge is 2.36. The summed E-state index contributed by atoms with van der Waals surface area (Å²) >= 11 is 7.28. The van der Waals surface area contributed by atoms with Crippen LogP contribution in [0.5, 0.6) is 0 Å². The number of hydrogen-bond donors (Lipinski definition) is 0. The molecule has 2 unspecified atom stereocenters. The summed E-state index contributed by atoms with van der Waals surface area (Å²) in [6.45, 7) is 1.90. The lowest BCUT2D eigenvalue weighted by molar-refractivity contribution is -0.152. The van der Waals surface area contributed by atoms with Crippen molar-refractivity contribution in [2.24, 2.45) is 0 Å². The molecule has 0 saturated carbocycles. The van der Waals surface area contributed by atoms with Crippen LogP contribution in [0.3, 0.4) is 0 Å². The number of aromatic nitrogens is 2. The minimum atomic E-state index is -1.18. The SMILES string of the molecule is CC(OC(=O)C(C(=O)N(Cc1csc(Cl)n1)c1ccccn1)c1ccccc1)c1ccccc1. The maximum absolute atomic E-state index is 13.9. The van der Waals surface area contributed by atoms with E-state index in [-0.39, 0.29) is 6.54 Å². The average Bonchev–Trinajstić information content (AvgIpc) is 3.29. The summed E-state index contributed by atoms with van der Waals surface area (Å²) in [5.74, 6) is -1.87. The number of thiazole rings is 1. The zero-order chi connectivity index (χ0) is 23.9. The van der Waals surface area contributed by atoms with E-state index in [1.165, 1.54) is 16.2 Å². The first-order valence-corrected chi connectivity index (χ1v) is 11.9. The normalized spacial score (nSPS) is 12.5. The largest absolute Gasteiger partial charge is 0.457 e. The molecule has 1 amide bonds. The van der Waals surface area contributed by atoms with Gasteiger partial charge in [-0.25, -0.2) is 9.97 Å². The van der Waals surface area contributed by atoms with Crippen LogP contribution < -0.4 is 4.90 Å². The Balaban J connectivity index is 1.68. The first kappa shape index (κ1) is 23.6. The van der Waals surface area contributed by atoms with Crippen molar-refractivity contribution in [3.63, 3.8) is 0 Å². The second kappa shape index (κ2) is 11.0. The third-order valence-corrected chi connectivity index (χ3v) is 6.24. The molecular formula is C26H22ClN3O3S. The molecule has 2 heterocycles. The number of amides is 1. The van der Waals surface area contributed by atoms with Gasteiger partial charge in [0, 0.05) is 11.6 Å². The first-order chi connectivity index (χ1) is 16.5. The molecule has 0 aliphatic heterocycles. The summed E-state index contributed by atoms with van der Waals surface area (Å²) < 4.78 is 6.15. The molecule has 8 heteroatoms. The van der Waals surface area contributed by atoms with Crippen molar-refractivity contribution in [1.29, 1.82) is 0 Å². The zero-order valence-electron chi connectivity index (χ0n) is 18.4. The molecule has 0 fully saturated rings. The number of pyridine rings is 1. The lowest BCUT2D eigenvalue weighted by atomic mass is 9.97. The van der Waals surface area contributed by atoms with Crippen molar-refractivity contribution in [3.8, 4) is 0 Å². The molecule has 0 saturated heterocycles. The van der Waals surface area contributed by atoms with Gasteiger partial charge in [-0.05, 0) is 30.2 Å². The van der Waals surface area contributed by atoms with Gasteiger partial charge in [0.25, 0.3) is 0 Å². The number of benzene rings is 2. The van der Waals surface area contributed by atoms with Crippen molar-refractivity contribution in [2.75, 3.05) is 4.90 Å². The summed E-state index contributed by atoms with van der Waals surface area (Å²) in [5, 5.41) is 1.78. The van der Waals surface area contributed by atoms with E-state index in [2.05, 4.69) is 9.97 Å². The van der Waals surface area contributed by atoms with Gasteiger partial charge in [0.2, 0.25) is 5.91 Å². The molecular weight excluding hydrogens is 470 g/mol. The molecule has 0 radical (unpaired) electrons. The maximum Gasteiger partial charge on any atom is 0.323 e. The number of esters is 1. The topological polar surface area (TPSA) is 72.4 Å². The van der Waals surface area contributed by atoms with Gasteiger partial charge in [0.05, 0.1) is 12.2 Å². The third-order valence-electron chi connectivity index (χ3n) is 5.21.